The van der Waals surface area contributed by atoms with Gasteiger partial charge in [-0.2, -0.15) is 0 Å². The summed E-state index contributed by atoms with van der Waals surface area (Å²) in [6.45, 7) is 1.14. The molecule has 1 aromatic carbocycles. The molecule has 0 fully saturated rings. The van der Waals surface area contributed by atoms with Gasteiger partial charge < -0.3 is 14.2 Å². The summed E-state index contributed by atoms with van der Waals surface area (Å²) in [6.07, 6.45) is 0.805. The molecule has 1 aliphatic rings. The molecule has 2 rings (SSSR count). The second-order valence-corrected chi connectivity index (χ2v) is 4.21. The molecule has 92 valence electrons. The van der Waals surface area contributed by atoms with Crippen LogP contribution >= 0.6 is 15.9 Å². The van der Waals surface area contributed by atoms with Gasteiger partial charge in [-0.3, -0.25) is 0 Å². The molecule has 0 aliphatic carbocycles. The minimum Gasteiger partial charge on any atom is -0.490 e. The third-order valence-corrected chi connectivity index (χ3v) is 3.11. The highest BCUT2D eigenvalue weighted by molar-refractivity contribution is 9.08. The molecule has 0 radical (unpaired) electrons. The quantitative estimate of drug-likeness (QED) is 0.622. The molecule has 1 aromatic rings. The van der Waals surface area contributed by atoms with Gasteiger partial charge in [-0.1, -0.05) is 15.9 Å². The molecule has 4 nitrogen and oxygen atoms in total. The smallest absolute Gasteiger partial charge is 0.341 e. The first-order valence-electron chi connectivity index (χ1n) is 5.33. The molecule has 0 bridgehead atoms. The number of esters is 1. The second-order valence-electron chi connectivity index (χ2n) is 3.65. The highest BCUT2D eigenvalue weighted by Crippen LogP contribution is 2.35. The van der Waals surface area contributed by atoms with Gasteiger partial charge in [0, 0.05) is 11.8 Å². The van der Waals surface area contributed by atoms with E-state index in [-0.39, 0.29) is 0 Å². The normalized spacial score (nSPS) is 14.0. The summed E-state index contributed by atoms with van der Waals surface area (Å²) in [5.74, 6) is 0.688. The second kappa shape index (κ2) is 5.40. The van der Waals surface area contributed by atoms with E-state index in [1.165, 1.54) is 7.11 Å². The average Bonchev–Trinajstić information content (AvgIpc) is 2.61. The van der Waals surface area contributed by atoms with E-state index in [2.05, 4.69) is 15.9 Å². The Kier molecular flexibility index (Phi) is 3.89. The van der Waals surface area contributed by atoms with Gasteiger partial charge in [0.15, 0.2) is 11.5 Å². The van der Waals surface area contributed by atoms with Crippen LogP contribution in [0.4, 0.5) is 0 Å². The minimum atomic E-state index is -0.408. The molecule has 0 unspecified atom stereocenters. The number of hydrogen-bond acceptors (Lipinski definition) is 4. The number of carbonyl (C=O) groups excluding carboxylic acids is 1. The molecule has 0 N–H and O–H groups in total. The maximum Gasteiger partial charge on any atom is 0.341 e. The van der Waals surface area contributed by atoms with Crippen LogP contribution in [-0.4, -0.2) is 26.3 Å². The Morgan fingerprint density at radius 3 is 2.88 bits per heavy atom. The Balaban J connectivity index is 2.51. The van der Waals surface area contributed by atoms with Crippen molar-refractivity contribution in [1.82, 2.24) is 0 Å². The van der Waals surface area contributed by atoms with Crippen LogP contribution in [-0.2, 0) is 10.1 Å². The number of rotatable bonds is 2. The Bertz CT molecular complexity index is 431. The van der Waals surface area contributed by atoms with E-state index in [1.54, 1.807) is 6.07 Å². The van der Waals surface area contributed by atoms with Gasteiger partial charge in [0.05, 0.1) is 20.3 Å². The molecule has 0 saturated carbocycles. The van der Waals surface area contributed by atoms with Gasteiger partial charge in [-0.25, -0.2) is 4.79 Å². The van der Waals surface area contributed by atoms with Gasteiger partial charge in [0.2, 0.25) is 0 Å². The van der Waals surface area contributed by atoms with E-state index in [9.17, 15) is 4.79 Å². The van der Waals surface area contributed by atoms with Crippen molar-refractivity contribution in [2.75, 3.05) is 20.3 Å². The first-order valence-corrected chi connectivity index (χ1v) is 6.45. The summed E-state index contributed by atoms with van der Waals surface area (Å²) >= 11 is 3.36. The number of hydrogen-bond donors (Lipinski definition) is 0. The van der Waals surface area contributed by atoms with Crippen molar-refractivity contribution in [2.45, 2.75) is 11.8 Å². The Morgan fingerprint density at radius 2 is 2.18 bits per heavy atom. The number of halogens is 1. The number of carbonyl (C=O) groups is 1. The SMILES string of the molecule is COC(=O)c1cc(CBr)cc2c1OCCCO2. The number of ether oxygens (including phenoxy) is 3. The van der Waals surface area contributed by atoms with E-state index in [0.29, 0.717) is 35.6 Å². The zero-order valence-corrected chi connectivity index (χ0v) is 11.1. The fraction of sp³-hybridized carbons (Fsp3) is 0.417. The lowest BCUT2D eigenvalue weighted by molar-refractivity contribution is 0.0596. The predicted octanol–water partition coefficient (Wildman–Crippen LogP) is 2.53. The van der Waals surface area contributed by atoms with E-state index in [4.69, 9.17) is 14.2 Å². The number of alkyl halides is 1. The fourth-order valence-electron chi connectivity index (χ4n) is 1.67. The van der Waals surface area contributed by atoms with E-state index in [1.807, 2.05) is 6.07 Å². The zero-order valence-electron chi connectivity index (χ0n) is 9.49. The molecule has 0 spiro atoms. The van der Waals surface area contributed by atoms with Gasteiger partial charge in [0.25, 0.3) is 0 Å². The van der Waals surface area contributed by atoms with E-state index in [0.717, 1.165) is 12.0 Å². The van der Waals surface area contributed by atoms with Crippen LogP contribution in [0.2, 0.25) is 0 Å². The van der Waals surface area contributed by atoms with Crippen LogP contribution < -0.4 is 9.47 Å². The summed E-state index contributed by atoms with van der Waals surface area (Å²) in [5, 5.41) is 0.646. The lowest BCUT2D eigenvalue weighted by Gasteiger charge is -2.12. The Hall–Kier alpha value is -1.23. The molecule has 1 aliphatic heterocycles. The first-order chi connectivity index (χ1) is 8.26. The number of benzene rings is 1. The third kappa shape index (κ3) is 2.54. The Labute approximate surface area is 108 Å². The van der Waals surface area contributed by atoms with Crippen molar-refractivity contribution in [3.8, 4) is 11.5 Å². The molecule has 17 heavy (non-hydrogen) atoms. The molecule has 0 saturated heterocycles. The summed E-state index contributed by atoms with van der Waals surface area (Å²) in [5.41, 5.74) is 1.37. The molecule has 0 atom stereocenters. The highest BCUT2D eigenvalue weighted by atomic mass is 79.9. The maximum atomic E-state index is 11.7. The average molecular weight is 301 g/mol. The van der Waals surface area contributed by atoms with Crippen molar-refractivity contribution in [3.63, 3.8) is 0 Å². The largest absolute Gasteiger partial charge is 0.490 e. The van der Waals surface area contributed by atoms with Crippen LogP contribution in [0.1, 0.15) is 22.3 Å². The van der Waals surface area contributed by atoms with Crippen LogP contribution in [0, 0.1) is 0 Å². The van der Waals surface area contributed by atoms with E-state index >= 15 is 0 Å². The van der Waals surface area contributed by atoms with Crippen molar-refractivity contribution in [3.05, 3.63) is 23.3 Å². The van der Waals surface area contributed by atoms with Gasteiger partial charge in [0.1, 0.15) is 5.56 Å². The van der Waals surface area contributed by atoms with Gasteiger partial charge in [-0.05, 0) is 17.7 Å². The van der Waals surface area contributed by atoms with Crippen molar-refractivity contribution < 1.29 is 19.0 Å². The van der Waals surface area contributed by atoms with E-state index < -0.39 is 5.97 Å². The first kappa shape index (κ1) is 12.2. The molecular formula is C12H13BrO4. The molecule has 0 aromatic heterocycles. The minimum absolute atomic E-state index is 0.408. The zero-order chi connectivity index (χ0) is 12.3. The standard InChI is InChI=1S/C12H13BrO4/c1-15-12(14)9-5-8(7-13)6-10-11(9)17-4-2-3-16-10/h5-6H,2-4,7H2,1H3. The maximum absolute atomic E-state index is 11.7. The summed E-state index contributed by atoms with van der Waals surface area (Å²) in [6, 6.07) is 3.63. The summed E-state index contributed by atoms with van der Waals surface area (Å²) < 4.78 is 15.9. The Morgan fingerprint density at radius 1 is 1.41 bits per heavy atom. The van der Waals surface area contributed by atoms with Crippen molar-refractivity contribution in [2.24, 2.45) is 0 Å². The third-order valence-electron chi connectivity index (χ3n) is 2.47. The number of fused-ring (bicyclic) bond motifs is 1. The fourth-order valence-corrected chi connectivity index (χ4v) is 1.99. The van der Waals surface area contributed by atoms with Crippen molar-refractivity contribution in [1.29, 1.82) is 0 Å². The summed E-state index contributed by atoms with van der Waals surface area (Å²) in [7, 11) is 1.35. The van der Waals surface area contributed by atoms with Crippen molar-refractivity contribution >= 4 is 21.9 Å². The van der Waals surface area contributed by atoms with Crippen LogP contribution in [0.3, 0.4) is 0 Å². The summed E-state index contributed by atoms with van der Waals surface area (Å²) in [4.78, 5) is 11.7. The lowest BCUT2D eigenvalue weighted by atomic mass is 10.1. The monoisotopic (exact) mass is 300 g/mol. The van der Waals surface area contributed by atoms with Crippen LogP contribution in [0.15, 0.2) is 12.1 Å². The molecule has 1 heterocycles. The van der Waals surface area contributed by atoms with Crippen LogP contribution in [0.25, 0.3) is 0 Å². The van der Waals surface area contributed by atoms with Gasteiger partial charge in [-0.15, -0.1) is 0 Å². The topological polar surface area (TPSA) is 44.8 Å². The molecule has 0 amide bonds. The molecule has 5 heteroatoms. The predicted molar refractivity (Wildman–Crippen MR) is 66.0 cm³/mol. The van der Waals surface area contributed by atoms with Gasteiger partial charge >= 0.3 is 5.97 Å². The van der Waals surface area contributed by atoms with Crippen LogP contribution in [0.5, 0.6) is 11.5 Å². The number of methoxy groups -OCH3 is 1. The molecular weight excluding hydrogens is 288 g/mol. The lowest BCUT2D eigenvalue weighted by Crippen LogP contribution is -2.06. The highest BCUT2D eigenvalue weighted by Gasteiger charge is 2.21.